The Bertz CT molecular complexity index is 1080. The number of benzene rings is 3. The molecule has 0 fully saturated rings. The summed E-state index contributed by atoms with van der Waals surface area (Å²) in [6.45, 7) is 1.77. The molecule has 4 nitrogen and oxygen atoms in total. The van der Waals surface area contributed by atoms with Gasteiger partial charge in [0, 0.05) is 16.8 Å². The van der Waals surface area contributed by atoms with Crippen LogP contribution in [0.4, 0.5) is 10.1 Å². The number of rotatable bonds is 6. The quantitative estimate of drug-likeness (QED) is 0.467. The molecule has 0 aliphatic heterocycles. The van der Waals surface area contributed by atoms with Crippen LogP contribution < -0.4 is 10.1 Å². The van der Waals surface area contributed by atoms with Crippen LogP contribution in [0.5, 0.6) is 5.75 Å². The number of carbonyl (C=O) groups excluding carboxylic acids is 1. The van der Waals surface area contributed by atoms with Crippen molar-refractivity contribution in [2.24, 2.45) is 0 Å². The van der Waals surface area contributed by atoms with Crippen molar-refractivity contribution >= 4 is 23.2 Å². The molecule has 0 saturated heterocycles. The molecule has 29 heavy (non-hydrogen) atoms. The summed E-state index contributed by atoms with van der Waals surface area (Å²) in [7, 11) is 0. The molecule has 1 amide bonds. The maximum Gasteiger partial charge on any atom is 0.262 e. The van der Waals surface area contributed by atoms with Gasteiger partial charge >= 0.3 is 0 Å². The van der Waals surface area contributed by atoms with E-state index in [4.69, 9.17) is 4.74 Å². The fraction of sp³-hybridized carbons (Fsp3) is 0.0833. The lowest BCUT2D eigenvalue weighted by molar-refractivity contribution is -0.118. The van der Waals surface area contributed by atoms with Crippen LogP contribution in [0, 0.1) is 24.1 Å². The highest BCUT2D eigenvalue weighted by molar-refractivity contribution is 5.92. The van der Waals surface area contributed by atoms with Gasteiger partial charge in [-0.15, -0.1) is 0 Å². The number of hydrogen-bond donors (Lipinski definition) is 1. The van der Waals surface area contributed by atoms with Crippen LogP contribution >= 0.6 is 0 Å². The summed E-state index contributed by atoms with van der Waals surface area (Å²) in [5, 5.41) is 12.2. The van der Waals surface area contributed by atoms with E-state index in [1.54, 1.807) is 48.5 Å². The van der Waals surface area contributed by atoms with Gasteiger partial charge in [-0.25, -0.2) is 4.39 Å². The Balaban J connectivity index is 1.75. The topological polar surface area (TPSA) is 62.1 Å². The number of para-hydroxylation sites is 1. The second-order valence-electron chi connectivity index (χ2n) is 6.39. The number of nitriles is 1. The normalized spacial score (nSPS) is 10.9. The zero-order valence-corrected chi connectivity index (χ0v) is 15.9. The molecule has 0 atom stereocenters. The number of nitrogens with zero attached hydrogens (tertiary/aromatic N) is 1. The van der Waals surface area contributed by atoms with Gasteiger partial charge in [0.2, 0.25) is 0 Å². The highest BCUT2D eigenvalue weighted by Gasteiger charge is 2.10. The molecule has 3 aromatic rings. The number of hydrogen-bond acceptors (Lipinski definition) is 3. The molecule has 0 aliphatic rings. The third-order valence-electron chi connectivity index (χ3n) is 4.20. The summed E-state index contributed by atoms with van der Waals surface area (Å²) in [5.74, 6) is -0.353. The Kier molecular flexibility index (Phi) is 6.39. The molecule has 0 bridgehead atoms. The minimum Gasteiger partial charge on any atom is -0.483 e. The number of carbonyl (C=O) groups is 1. The van der Waals surface area contributed by atoms with Crippen LogP contribution in [0.25, 0.3) is 11.6 Å². The van der Waals surface area contributed by atoms with E-state index >= 15 is 0 Å². The second-order valence-corrected chi connectivity index (χ2v) is 6.39. The van der Waals surface area contributed by atoms with Crippen molar-refractivity contribution in [3.63, 3.8) is 0 Å². The predicted molar refractivity (Wildman–Crippen MR) is 112 cm³/mol. The number of aryl methyl sites for hydroxylation is 1. The predicted octanol–water partition coefficient (Wildman–Crippen LogP) is 5.22. The Morgan fingerprint density at radius 3 is 2.48 bits per heavy atom. The molecular formula is C24H19FN2O2. The third kappa shape index (κ3) is 5.30. The van der Waals surface area contributed by atoms with Gasteiger partial charge in [0.05, 0.1) is 11.6 Å². The van der Waals surface area contributed by atoms with Crippen LogP contribution in [-0.4, -0.2) is 12.5 Å². The van der Waals surface area contributed by atoms with Crippen molar-refractivity contribution < 1.29 is 13.9 Å². The SMILES string of the molecule is Cc1ccc(NC(=O)COc2ccccc2/C=C(/C#N)c2ccccc2F)cc1. The van der Waals surface area contributed by atoms with Crippen molar-refractivity contribution in [2.45, 2.75) is 6.92 Å². The molecule has 1 N–H and O–H groups in total. The molecule has 0 saturated carbocycles. The third-order valence-corrected chi connectivity index (χ3v) is 4.20. The van der Waals surface area contributed by atoms with Crippen molar-refractivity contribution in [3.8, 4) is 11.8 Å². The average Bonchev–Trinajstić information content (AvgIpc) is 2.73. The monoisotopic (exact) mass is 386 g/mol. The highest BCUT2D eigenvalue weighted by Crippen LogP contribution is 2.26. The Morgan fingerprint density at radius 2 is 1.76 bits per heavy atom. The van der Waals surface area contributed by atoms with Crippen molar-refractivity contribution in [1.82, 2.24) is 0 Å². The largest absolute Gasteiger partial charge is 0.483 e. The summed E-state index contributed by atoms with van der Waals surface area (Å²) in [6, 6.07) is 22.5. The number of halogens is 1. The van der Waals surface area contributed by atoms with Gasteiger partial charge in [0.25, 0.3) is 5.91 Å². The molecule has 5 heteroatoms. The molecule has 144 valence electrons. The lowest BCUT2D eigenvalue weighted by atomic mass is 10.0. The second kappa shape index (κ2) is 9.34. The summed E-state index contributed by atoms with van der Waals surface area (Å²) in [5.41, 5.74) is 2.74. The number of allylic oxidation sites excluding steroid dienone is 1. The number of ether oxygens (including phenoxy) is 1. The minimum absolute atomic E-state index is 0.170. The molecule has 0 aliphatic carbocycles. The molecule has 0 unspecified atom stereocenters. The fourth-order valence-electron chi connectivity index (χ4n) is 2.71. The van der Waals surface area contributed by atoms with Crippen molar-refractivity contribution in [1.29, 1.82) is 5.26 Å². The van der Waals surface area contributed by atoms with Gasteiger partial charge in [0.15, 0.2) is 6.61 Å². The average molecular weight is 386 g/mol. The van der Waals surface area contributed by atoms with Gasteiger partial charge in [-0.2, -0.15) is 5.26 Å². The Hall–Kier alpha value is -3.91. The maximum atomic E-state index is 14.0. The van der Waals surface area contributed by atoms with E-state index < -0.39 is 5.82 Å². The van der Waals surface area contributed by atoms with E-state index in [2.05, 4.69) is 5.32 Å². The van der Waals surface area contributed by atoms with Crippen molar-refractivity contribution in [3.05, 3.63) is 95.3 Å². The maximum absolute atomic E-state index is 14.0. The van der Waals surface area contributed by atoms with E-state index in [1.807, 2.05) is 37.3 Å². The minimum atomic E-state index is -0.476. The van der Waals surface area contributed by atoms with Gasteiger partial charge in [-0.05, 0) is 37.3 Å². The van der Waals surface area contributed by atoms with Gasteiger partial charge in [0.1, 0.15) is 11.6 Å². The molecule has 0 heterocycles. The summed E-state index contributed by atoms with van der Waals surface area (Å²) in [4.78, 5) is 12.2. The fourth-order valence-corrected chi connectivity index (χ4v) is 2.71. The van der Waals surface area contributed by atoms with Gasteiger partial charge in [-0.1, -0.05) is 54.1 Å². The van der Waals surface area contributed by atoms with Crippen LogP contribution in [-0.2, 0) is 4.79 Å². The first kappa shape index (κ1) is 19.8. The van der Waals surface area contributed by atoms with E-state index in [9.17, 15) is 14.4 Å². The smallest absolute Gasteiger partial charge is 0.262 e. The zero-order valence-electron chi connectivity index (χ0n) is 15.9. The van der Waals surface area contributed by atoms with E-state index in [0.29, 0.717) is 17.0 Å². The molecule has 0 spiro atoms. The molecular weight excluding hydrogens is 367 g/mol. The first-order chi connectivity index (χ1) is 14.1. The Labute approximate surface area is 168 Å². The van der Waals surface area contributed by atoms with E-state index in [1.165, 1.54) is 6.07 Å². The number of anilines is 1. The Morgan fingerprint density at radius 1 is 1.07 bits per heavy atom. The first-order valence-electron chi connectivity index (χ1n) is 9.02. The molecule has 0 aromatic heterocycles. The van der Waals surface area contributed by atoms with E-state index in [0.717, 1.165) is 5.56 Å². The van der Waals surface area contributed by atoms with Crippen LogP contribution in [0.2, 0.25) is 0 Å². The number of amides is 1. The number of nitrogens with one attached hydrogen (secondary N) is 1. The van der Waals surface area contributed by atoms with Crippen LogP contribution in [0.15, 0.2) is 72.8 Å². The molecule has 3 rings (SSSR count). The first-order valence-corrected chi connectivity index (χ1v) is 9.02. The highest BCUT2D eigenvalue weighted by atomic mass is 19.1. The standard InChI is InChI=1S/C24H19FN2O2/c1-17-10-12-20(13-11-17)27-24(28)16-29-23-9-5-2-6-18(23)14-19(15-26)21-7-3-4-8-22(21)25/h2-14H,16H2,1H3,(H,27,28)/b19-14-. The lowest BCUT2D eigenvalue weighted by Crippen LogP contribution is -2.20. The zero-order chi connectivity index (χ0) is 20.6. The van der Waals surface area contributed by atoms with Gasteiger partial charge < -0.3 is 10.1 Å². The summed E-state index contributed by atoms with van der Waals surface area (Å²) < 4.78 is 19.7. The van der Waals surface area contributed by atoms with Gasteiger partial charge in [-0.3, -0.25) is 4.79 Å². The lowest BCUT2D eigenvalue weighted by Gasteiger charge is -2.10. The van der Waals surface area contributed by atoms with Crippen molar-refractivity contribution in [2.75, 3.05) is 11.9 Å². The van der Waals surface area contributed by atoms with E-state index in [-0.39, 0.29) is 23.7 Å². The molecule has 3 aromatic carbocycles. The summed E-state index contributed by atoms with van der Waals surface area (Å²) in [6.07, 6.45) is 1.55. The van der Waals surface area contributed by atoms with Crippen LogP contribution in [0.3, 0.4) is 0 Å². The van der Waals surface area contributed by atoms with Crippen LogP contribution in [0.1, 0.15) is 16.7 Å². The summed E-state index contributed by atoms with van der Waals surface area (Å²) >= 11 is 0. The molecule has 0 radical (unpaired) electrons.